The molecule has 0 aliphatic carbocycles. The molecule has 0 aliphatic rings. The molecule has 0 bridgehead atoms. The van der Waals surface area contributed by atoms with Crippen LogP contribution in [0.3, 0.4) is 0 Å². The van der Waals surface area contributed by atoms with E-state index in [1.807, 2.05) is 32.7 Å². The maximum Gasteiger partial charge on any atom is 0.147 e. The Morgan fingerprint density at radius 3 is 2.62 bits per heavy atom. The van der Waals surface area contributed by atoms with Crippen LogP contribution in [0.15, 0.2) is 6.20 Å². The number of nitrogens with zero attached hydrogens (tertiary/aromatic N) is 3. The van der Waals surface area contributed by atoms with Crippen molar-refractivity contribution in [3.05, 3.63) is 17.6 Å². The van der Waals surface area contributed by atoms with E-state index in [1.165, 1.54) is 0 Å². The van der Waals surface area contributed by atoms with Crippen molar-refractivity contribution in [2.45, 2.75) is 33.2 Å². The van der Waals surface area contributed by atoms with Crippen LogP contribution in [-0.2, 0) is 0 Å². The normalized spacial score (nSPS) is 12.2. The van der Waals surface area contributed by atoms with E-state index in [2.05, 4.69) is 9.97 Å². The van der Waals surface area contributed by atoms with E-state index in [0.717, 1.165) is 17.2 Å². The monoisotopic (exact) mass is 221 g/mol. The van der Waals surface area contributed by atoms with Crippen LogP contribution in [0.4, 0.5) is 5.82 Å². The van der Waals surface area contributed by atoms with Gasteiger partial charge in [-0.3, -0.25) is 10.4 Å². The Morgan fingerprint density at radius 2 is 2.12 bits per heavy atom. The van der Waals surface area contributed by atoms with E-state index in [-0.39, 0.29) is 11.9 Å². The van der Waals surface area contributed by atoms with Crippen LogP contribution in [-0.4, -0.2) is 28.9 Å². The minimum Gasteiger partial charge on any atom is -0.388 e. The molecule has 0 amide bonds. The van der Waals surface area contributed by atoms with Gasteiger partial charge in [0, 0.05) is 19.5 Å². The first kappa shape index (κ1) is 12.4. The molecule has 1 aromatic rings. The van der Waals surface area contributed by atoms with Crippen molar-refractivity contribution in [1.29, 1.82) is 5.41 Å². The second-order valence-corrected chi connectivity index (χ2v) is 4.09. The standard InChI is InChI=1S/C11H19N5/c1-7(5-10(12)13)16(4)11-6-14-8(2)9(3)15-11/h6-7H,5H2,1-4H3,(H3,12,13). The summed E-state index contributed by atoms with van der Waals surface area (Å²) < 4.78 is 0. The van der Waals surface area contributed by atoms with Crippen LogP contribution in [0.25, 0.3) is 0 Å². The van der Waals surface area contributed by atoms with Gasteiger partial charge in [0.05, 0.1) is 23.4 Å². The molecular weight excluding hydrogens is 202 g/mol. The zero-order valence-electron chi connectivity index (χ0n) is 10.3. The van der Waals surface area contributed by atoms with Gasteiger partial charge in [-0.2, -0.15) is 0 Å². The minimum absolute atomic E-state index is 0.147. The first-order chi connectivity index (χ1) is 7.41. The number of rotatable bonds is 4. The second-order valence-electron chi connectivity index (χ2n) is 4.09. The Hall–Kier alpha value is -1.65. The first-order valence-corrected chi connectivity index (χ1v) is 5.27. The highest BCUT2D eigenvalue weighted by Gasteiger charge is 2.13. The Morgan fingerprint density at radius 1 is 1.50 bits per heavy atom. The third-order valence-electron chi connectivity index (χ3n) is 2.72. The van der Waals surface area contributed by atoms with E-state index in [4.69, 9.17) is 11.1 Å². The molecule has 0 fully saturated rings. The highest BCUT2D eigenvalue weighted by molar-refractivity contribution is 5.77. The molecule has 1 unspecified atom stereocenters. The number of nitrogens with two attached hydrogens (primary N) is 1. The number of anilines is 1. The van der Waals surface area contributed by atoms with Crippen molar-refractivity contribution in [2.75, 3.05) is 11.9 Å². The van der Waals surface area contributed by atoms with Gasteiger partial charge in [0.1, 0.15) is 5.82 Å². The Balaban J connectivity index is 2.83. The Kier molecular flexibility index (Phi) is 3.82. The molecule has 0 saturated carbocycles. The van der Waals surface area contributed by atoms with E-state index in [9.17, 15) is 0 Å². The van der Waals surface area contributed by atoms with Gasteiger partial charge in [-0.1, -0.05) is 0 Å². The molecule has 1 rings (SSSR count). The summed E-state index contributed by atoms with van der Waals surface area (Å²) in [7, 11) is 1.94. The molecule has 5 nitrogen and oxygen atoms in total. The van der Waals surface area contributed by atoms with E-state index in [0.29, 0.717) is 6.42 Å². The number of hydrogen-bond acceptors (Lipinski definition) is 4. The van der Waals surface area contributed by atoms with Gasteiger partial charge < -0.3 is 10.6 Å². The average Bonchev–Trinajstić information content (AvgIpc) is 2.20. The topological polar surface area (TPSA) is 78.9 Å². The van der Waals surface area contributed by atoms with Gasteiger partial charge in [-0.25, -0.2) is 4.98 Å². The average molecular weight is 221 g/mol. The van der Waals surface area contributed by atoms with Crippen molar-refractivity contribution in [1.82, 2.24) is 9.97 Å². The van der Waals surface area contributed by atoms with Crippen LogP contribution in [0.1, 0.15) is 24.7 Å². The number of hydrogen-bond donors (Lipinski definition) is 2. The first-order valence-electron chi connectivity index (χ1n) is 5.27. The third-order valence-corrected chi connectivity index (χ3v) is 2.72. The lowest BCUT2D eigenvalue weighted by atomic mass is 10.2. The molecule has 0 saturated heterocycles. The summed E-state index contributed by atoms with van der Waals surface area (Å²) in [6.45, 7) is 5.89. The molecule has 0 aromatic carbocycles. The lowest BCUT2D eigenvalue weighted by molar-refractivity contribution is 0.696. The summed E-state index contributed by atoms with van der Waals surface area (Å²) in [6.07, 6.45) is 2.28. The van der Waals surface area contributed by atoms with Crippen LogP contribution in [0, 0.1) is 19.3 Å². The predicted octanol–water partition coefficient (Wildman–Crippen LogP) is 1.24. The van der Waals surface area contributed by atoms with Crippen molar-refractivity contribution in [2.24, 2.45) is 5.73 Å². The fourth-order valence-corrected chi connectivity index (χ4v) is 1.38. The van der Waals surface area contributed by atoms with Crippen molar-refractivity contribution < 1.29 is 0 Å². The smallest absolute Gasteiger partial charge is 0.147 e. The highest BCUT2D eigenvalue weighted by Crippen LogP contribution is 2.14. The van der Waals surface area contributed by atoms with Gasteiger partial charge in [-0.15, -0.1) is 0 Å². The lowest BCUT2D eigenvalue weighted by Gasteiger charge is -2.25. The van der Waals surface area contributed by atoms with Gasteiger partial charge in [0.15, 0.2) is 0 Å². The predicted molar refractivity (Wildman–Crippen MR) is 65.9 cm³/mol. The second kappa shape index (κ2) is 4.92. The van der Waals surface area contributed by atoms with Crippen molar-refractivity contribution in [3.63, 3.8) is 0 Å². The van der Waals surface area contributed by atoms with E-state index >= 15 is 0 Å². The molecular formula is C11H19N5. The van der Waals surface area contributed by atoms with Crippen LogP contribution in [0.5, 0.6) is 0 Å². The maximum absolute atomic E-state index is 7.27. The van der Waals surface area contributed by atoms with Crippen molar-refractivity contribution >= 4 is 11.7 Å². The van der Waals surface area contributed by atoms with Gasteiger partial charge in [0.2, 0.25) is 0 Å². The number of nitrogens with one attached hydrogen (secondary N) is 1. The van der Waals surface area contributed by atoms with Crippen LogP contribution < -0.4 is 10.6 Å². The summed E-state index contributed by atoms with van der Waals surface area (Å²) in [6, 6.07) is 0.147. The summed E-state index contributed by atoms with van der Waals surface area (Å²) >= 11 is 0. The van der Waals surface area contributed by atoms with E-state index < -0.39 is 0 Å². The number of aromatic nitrogens is 2. The third kappa shape index (κ3) is 2.92. The summed E-state index contributed by atoms with van der Waals surface area (Å²) in [5.41, 5.74) is 7.25. The van der Waals surface area contributed by atoms with Crippen molar-refractivity contribution in [3.8, 4) is 0 Å². The van der Waals surface area contributed by atoms with Crippen LogP contribution in [0.2, 0.25) is 0 Å². The Bertz CT molecular complexity index is 388. The zero-order chi connectivity index (χ0) is 12.3. The molecule has 1 heterocycles. The SMILES string of the molecule is Cc1ncc(N(C)C(C)CC(=N)N)nc1C. The quantitative estimate of drug-likeness (QED) is 0.592. The summed E-state index contributed by atoms with van der Waals surface area (Å²) in [4.78, 5) is 10.7. The van der Waals surface area contributed by atoms with Gasteiger partial charge >= 0.3 is 0 Å². The fourth-order valence-electron chi connectivity index (χ4n) is 1.38. The Labute approximate surface area is 96.2 Å². The highest BCUT2D eigenvalue weighted by atomic mass is 15.2. The molecule has 88 valence electrons. The molecule has 0 radical (unpaired) electrons. The number of amidine groups is 1. The molecule has 1 atom stereocenters. The van der Waals surface area contributed by atoms with E-state index in [1.54, 1.807) is 6.20 Å². The summed E-state index contributed by atoms with van der Waals surface area (Å²) in [5.74, 6) is 1.01. The molecule has 16 heavy (non-hydrogen) atoms. The largest absolute Gasteiger partial charge is 0.388 e. The molecule has 0 spiro atoms. The van der Waals surface area contributed by atoms with Crippen LogP contribution >= 0.6 is 0 Å². The maximum atomic E-state index is 7.27. The summed E-state index contributed by atoms with van der Waals surface area (Å²) in [5, 5.41) is 7.27. The number of aryl methyl sites for hydroxylation is 2. The lowest BCUT2D eigenvalue weighted by Crippen LogP contribution is -2.33. The van der Waals surface area contributed by atoms with Gasteiger partial charge in [-0.05, 0) is 20.8 Å². The molecule has 5 heteroatoms. The molecule has 0 aliphatic heterocycles. The molecule has 1 aromatic heterocycles. The zero-order valence-corrected chi connectivity index (χ0v) is 10.3. The van der Waals surface area contributed by atoms with Gasteiger partial charge in [0.25, 0.3) is 0 Å². The minimum atomic E-state index is 0.147. The molecule has 3 N–H and O–H groups in total. The fraction of sp³-hybridized carbons (Fsp3) is 0.545.